The van der Waals surface area contributed by atoms with Gasteiger partial charge in [-0.1, -0.05) is 0 Å². The molecule has 19 heavy (non-hydrogen) atoms. The first-order valence-corrected chi connectivity index (χ1v) is 9.45. The van der Waals surface area contributed by atoms with Crippen molar-refractivity contribution in [2.24, 2.45) is 0 Å². The van der Waals surface area contributed by atoms with Crippen LogP contribution in [0.1, 0.15) is 26.7 Å². The summed E-state index contributed by atoms with van der Waals surface area (Å²) in [6.45, 7) is 5.45. The number of carbonyl (C=O) groups is 1. The molecule has 1 rings (SSSR count). The lowest BCUT2D eigenvalue weighted by Gasteiger charge is -2.24. The van der Waals surface area contributed by atoms with Crippen molar-refractivity contribution in [1.82, 2.24) is 10.6 Å². The summed E-state index contributed by atoms with van der Waals surface area (Å²) in [6, 6.07) is 0. The third-order valence-electron chi connectivity index (χ3n) is 3.45. The highest BCUT2D eigenvalue weighted by molar-refractivity contribution is 8.00. The molecule has 1 fully saturated rings. The highest BCUT2D eigenvalue weighted by Gasteiger charge is 2.30. The average Bonchev–Trinajstić information content (AvgIpc) is 2.34. The predicted molar refractivity (Wildman–Crippen MR) is 80.3 cm³/mol. The molecule has 1 aliphatic heterocycles. The summed E-state index contributed by atoms with van der Waals surface area (Å²) in [4.78, 5) is 11.7. The Morgan fingerprint density at radius 2 is 1.95 bits per heavy atom. The van der Waals surface area contributed by atoms with Gasteiger partial charge in [0, 0.05) is 18.1 Å². The fraction of sp³-hybridized carbons (Fsp3) is 0.917. The molecule has 0 bridgehead atoms. The largest absolute Gasteiger partial charge is 0.354 e. The first-order chi connectivity index (χ1) is 8.72. The summed E-state index contributed by atoms with van der Waals surface area (Å²) in [5.41, 5.74) is 0. The number of carbonyl (C=O) groups excluding carboxylic acids is 1. The van der Waals surface area contributed by atoms with E-state index < -0.39 is 14.6 Å². The number of hydrogen-bond donors (Lipinski definition) is 2. The molecule has 1 heterocycles. The number of thioether (sulfide) groups is 1. The Balaban J connectivity index is 2.28. The van der Waals surface area contributed by atoms with E-state index in [4.69, 9.17) is 0 Å². The zero-order valence-corrected chi connectivity index (χ0v) is 13.5. The lowest BCUT2D eigenvalue weighted by Crippen LogP contribution is -2.44. The van der Waals surface area contributed by atoms with Crippen molar-refractivity contribution in [2.45, 2.75) is 36.7 Å². The monoisotopic (exact) mass is 308 g/mol. The van der Waals surface area contributed by atoms with Crippen LogP contribution in [0, 0.1) is 0 Å². The molecule has 2 N–H and O–H groups in total. The van der Waals surface area contributed by atoms with Crippen LogP contribution in [0.25, 0.3) is 0 Å². The molecule has 1 aliphatic rings. The second-order valence-electron chi connectivity index (χ2n) is 5.57. The molecule has 112 valence electrons. The highest BCUT2D eigenvalue weighted by Crippen LogP contribution is 2.20. The first kappa shape index (κ1) is 16.8. The van der Waals surface area contributed by atoms with Crippen LogP contribution in [0.15, 0.2) is 0 Å². The molecule has 7 heteroatoms. The van der Waals surface area contributed by atoms with Gasteiger partial charge < -0.3 is 10.6 Å². The maximum atomic E-state index is 11.7. The Kier molecular flexibility index (Phi) is 6.14. The number of amides is 1. The van der Waals surface area contributed by atoms with E-state index in [1.165, 1.54) is 6.26 Å². The van der Waals surface area contributed by atoms with Gasteiger partial charge in [0.05, 0.1) is 10.5 Å². The minimum atomic E-state index is -3.16. The number of nitrogens with one attached hydrogen (secondary N) is 2. The van der Waals surface area contributed by atoms with Crippen molar-refractivity contribution in [3.63, 3.8) is 0 Å². The maximum absolute atomic E-state index is 11.7. The molecule has 0 radical (unpaired) electrons. The number of rotatable bonds is 6. The van der Waals surface area contributed by atoms with Gasteiger partial charge >= 0.3 is 0 Å². The van der Waals surface area contributed by atoms with E-state index in [1.807, 2.05) is 0 Å². The van der Waals surface area contributed by atoms with E-state index in [-0.39, 0.29) is 12.5 Å². The van der Waals surface area contributed by atoms with Crippen molar-refractivity contribution in [2.75, 3.05) is 31.6 Å². The van der Waals surface area contributed by atoms with Gasteiger partial charge in [-0.15, -0.1) is 11.8 Å². The predicted octanol–water partition coefficient (Wildman–Crippen LogP) is 0.411. The third kappa shape index (κ3) is 5.71. The van der Waals surface area contributed by atoms with Gasteiger partial charge in [-0.05, 0) is 39.8 Å². The zero-order valence-electron chi connectivity index (χ0n) is 11.9. The molecule has 0 aromatic carbocycles. The van der Waals surface area contributed by atoms with Crippen LogP contribution in [0.4, 0.5) is 0 Å². The third-order valence-corrected chi connectivity index (χ3v) is 6.97. The standard InChI is InChI=1S/C12H24N2O3S2/c1-12(2,19(3,16)17)9-14-11(15)8-18-10-4-6-13-7-5-10/h10,13H,4-9H2,1-3H3,(H,14,15). The SMILES string of the molecule is CC(C)(CNC(=O)CSC1CCNCC1)S(C)(=O)=O. The Bertz CT molecular complexity index is 401. The Morgan fingerprint density at radius 1 is 1.37 bits per heavy atom. The van der Waals surface area contributed by atoms with E-state index in [0.29, 0.717) is 11.0 Å². The van der Waals surface area contributed by atoms with Gasteiger partial charge in [0.15, 0.2) is 9.84 Å². The van der Waals surface area contributed by atoms with Crippen LogP contribution in [-0.2, 0) is 14.6 Å². The Labute approximate surface area is 120 Å². The van der Waals surface area contributed by atoms with Crippen molar-refractivity contribution >= 4 is 27.5 Å². The summed E-state index contributed by atoms with van der Waals surface area (Å²) >= 11 is 1.66. The summed E-state index contributed by atoms with van der Waals surface area (Å²) in [7, 11) is -3.16. The minimum Gasteiger partial charge on any atom is -0.354 e. The summed E-state index contributed by atoms with van der Waals surface area (Å²) < 4.78 is 22.1. The number of sulfone groups is 1. The lowest BCUT2D eigenvalue weighted by atomic mass is 10.2. The molecule has 1 saturated heterocycles. The van der Waals surface area contributed by atoms with Gasteiger partial charge in [0.1, 0.15) is 0 Å². The Hall–Kier alpha value is -0.270. The average molecular weight is 308 g/mol. The summed E-state index contributed by atoms with van der Waals surface area (Å²) in [5, 5.41) is 6.53. The van der Waals surface area contributed by atoms with Crippen molar-refractivity contribution in [3.05, 3.63) is 0 Å². The quantitative estimate of drug-likeness (QED) is 0.743. The molecular formula is C12H24N2O3S2. The number of piperidine rings is 1. The van der Waals surface area contributed by atoms with Crippen LogP contribution < -0.4 is 10.6 Å². The van der Waals surface area contributed by atoms with Crippen LogP contribution in [-0.4, -0.2) is 56.0 Å². The van der Waals surface area contributed by atoms with Crippen molar-refractivity contribution in [1.29, 1.82) is 0 Å². The molecule has 0 spiro atoms. The van der Waals surface area contributed by atoms with Gasteiger partial charge in [-0.3, -0.25) is 4.79 Å². The van der Waals surface area contributed by atoms with E-state index >= 15 is 0 Å². The fourth-order valence-electron chi connectivity index (χ4n) is 1.65. The van der Waals surface area contributed by atoms with Gasteiger partial charge in [-0.2, -0.15) is 0 Å². The van der Waals surface area contributed by atoms with E-state index in [9.17, 15) is 13.2 Å². The van der Waals surface area contributed by atoms with E-state index in [2.05, 4.69) is 10.6 Å². The van der Waals surface area contributed by atoms with Crippen LogP contribution >= 0.6 is 11.8 Å². The van der Waals surface area contributed by atoms with Gasteiger partial charge in [0.25, 0.3) is 0 Å². The second-order valence-corrected chi connectivity index (χ2v) is 9.51. The molecule has 0 unspecified atom stereocenters. The normalized spacial score (nSPS) is 18.3. The summed E-state index contributed by atoms with van der Waals surface area (Å²) in [5.74, 6) is 0.324. The molecule has 0 aliphatic carbocycles. The van der Waals surface area contributed by atoms with Crippen LogP contribution in [0.3, 0.4) is 0 Å². The maximum Gasteiger partial charge on any atom is 0.230 e. The van der Waals surface area contributed by atoms with Crippen molar-refractivity contribution < 1.29 is 13.2 Å². The van der Waals surface area contributed by atoms with Gasteiger partial charge in [-0.25, -0.2) is 8.42 Å². The van der Waals surface area contributed by atoms with Crippen LogP contribution in [0.2, 0.25) is 0 Å². The van der Waals surface area contributed by atoms with E-state index in [0.717, 1.165) is 25.9 Å². The Morgan fingerprint density at radius 3 is 2.47 bits per heavy atom. The van der Waals surface area contributed by atoms with E-state index in [1.54, 1.807) is 25.6 Å². The molecule has 0 aromatic rings. The van der Waals surface area contributed by atoms with Crippen molar-refractivity contribution in [3.8, 4) is 0 Å². The van der Waals surface area contributed by atoms with Gasteiger partial charge in [0.2, 0.25) is 5.91 Å². The zero-order chi connectivity index (χ0) is 14.5. The first-order valence-electron chi connectivity index (χ1n) is 6.51. The molecule has 0 aromatic heterocycles. The lowest BCUT2D eigenvalue weighted by molar-refractivity contribution is -0.118. The smallest absolute Gasteiger partial charge is 0.230 e. The fourth-order valence-corrected chi connectivity index (χ4v) is 3.04. The molecule has 1 amide bonds. The summed E-state index contributed by atoms with van der Waals surface area (Å²) in [6.07, 6.45) is 3.38. The van der Waals surface area contributed by atoms with Crippen LogP contribution in [0.5, 0.6) is 0 Å². The minimum absolute atomic E-state index is 0.0831. The number of hydrogen-bond acceptors (Lipinski definition) is 5. The molecule has 0 saturated carbocycles. The molecular weight excluding hydrogens is 284 g/mol. The molecule has 0 atom stereocenters. The highest BCUT2D eigenvalue weighted by atomic mass is 32.2. The topological polar surface area (TPSA) is 75.3 Å². The molecule has 5 nitrogen and oxygen atoms in total. The second kappa shape index (κ2) is 6.95.